The number of hydrogen-bond donors (Lipinski definition) is 1. The molecular formula is C12H19N3S. The first-order chi connectivity index (χ1) is 7.81. The largest absolute Gasteiger partial charge is 0.369 e. The highest BCUT2D eigenvalue weighted by molar-refractivity contribution is 7.99. The molecule has 1 unspecified atom stereocenters. The Morgan fingerprint density at radius 1 is 1.44 bits per heavy atom. The van der Waals surface area contributed by atoms with Crippen molar-refractivity contribution in [2.75, 3.05) is 29.5 Å². The lowest BCUT2D eigenvalue weighted by Gasteiger charge is -2.28. The maximum absolute atomic E-state index is 5.94. The lowest BCUT2D eigenvalue weighted by Crippen LogP contribution is -2.32. The molecule has 2 rings (SSSR count). The topological polar surface area (TPSA) is 42.1 Å². The normalized spacial score (nSPS) is 18.5. The van der Waals surface area contributed by atoms with Gasteiger partial charge < -0.3 is 10.6 Å². The van der Waals surface area contributed by atoms with Crippen LogP contribution in [-0.2, 0) is 0 Å². The van der Waals surface area contributed by atoms with Gasteiger partial charge in [0.1, 0.15) is 0 Å². The van der Waals surface area contributed by atoms with Crippen LogP contribution >= 0.6 is 11.8 Å². The molecule has 0 amide bonds. The van der Waals surface area contributed by atoms with E-state index in [9.17, 15) is 0 Å². The van der Waals surface area contributed by atoms with Crippen LogP contribution in [0.5, 0.6) is 0 Å². The first-order valence-corrected chi connectivity index (χ1v) is 7.01. The van der Waals surface area contributed by atoms with Crippen molar-refractivity contribution in [1.29, 1.82) is 0 Å². The highest BCUT2D eigenvalue weighted by Gasteiger charge is 2.12. The van der Waals surface area contributed by atoms with Gasteiger partial charge in [-0.3, -0.25) is 4.98 Å². The minimum Gasteiger partial charge on any atom is -0.369 e. The average Bonchev–Trinajstić information content (AvgIpc) is 2.39. The summed E-state index contributed by atoms with van der Waals surface area (Å²) >= 11 is 2.02. The maximum Gasteiger partial charge on any atom is 0.0572 e. The molecule has 1 aliphatic heterocycles. The van der Waals surface area contributed by atoms with Gasteiger partial charge >= 0.3 is 0 Å². The standard InChI is InChI=1S/C12H19N3S/c1-2-11(13)12-4-3-10(9-14-12)15-5-7-16-8-6-15/h3-4,9,11H,2,5-8,13H2,1H3. The molecule has 88 valence electrons. The van der Waals surface area contributed by atoms with Gasteiger partial charge in [-0.25, -0.2) is 0 Å². The fraction of sp³-hybridized carbons (Fsp3) is 0.583. The van der Waals surface area contributed by atoms with E-state index in [1.807, 2.05) is 18.0 Å². The van der Waals surface area contributed by atoms with Crippen molar-refractivity contribution in [3.05, 3.63) is 24.0 Å². The summed E-state index contributed by atoms with van der Waals surface area (Å²) in [5, 5.41) is 0. The zero-order chi connectivity index (χ0) is 11.4. The second-order valence-electron chi connectivity index (χ2n) is 4.06. The third kappa shape index (κ3) is 2.68. The van der Waals surface area contributed by atoms with Crippen LogP contribution in [0.25, 0.3) is 0 Å². The lowest BCUT2D eigenvalue weighted by molar-refractivity contribution is 0.675. The van der Waals surface area contributed by atoms with E-state index >= 15 is 0 Å². The molecule has 16 heavy (non-hydrogen) atoms. The minimum absolute atomic E-state index is 0.0750. The highest BCUT2D eigenvalue weighted by atomic mass is 32.2. The van der Waals surface area contributed by atoms with Crippen molar-refractivity contribution in [2.45, 2.75) is 19.4 Å². The summed E-state index contributed by atoms with van der Waals surface area (Å²) in [6, 6.07) is 4.28. The molecule has 2 N–H and O–H groups in total. The number of hydrogen-bond acceptors (Lipinski definition) is 4. The molecule has 4 heteroatoms. The van der Waals surface area contributed by atoms with Gasteiger partial charge in [0.25, 0.3) is 0 Å². The summed E-state index contributed by atoms with van der Waals surface area (Å²) in [6.45, 7) is 4.35. The van der Waals surface area contributed by atoms with Crippen LogP contribution in [-0.4, -0.2) is 29.6 Å². The van der Waals surface area contributed by atoms with Crippen molar-refractivity contribution in [1.82, 2.24) is 4.98 Å². The summed E-state index contributed by atoms with van der Waals surface area (Å²) in [4.78, 5) is 6.84. The van der Waals surface area contributed by atoms with Crippen molar-refractivity contribution in [2.24, 2.45) is 5.73 Å². The van der Waals surface area contributed by atoms with Gasteiger partial charge in [0.15, 0.2) is 0 Å². The molecule has 3 nitrogen and oxygen atoms in total. The fourth-order valence-electron chi connectivity index (χ4n) is 1.83. The second-order valence-corrected chi connectivity index (χ2v) is 5.28. The number of anilines is 1. The van der Waals surface area contributed by atoms with Gasteiger partial charge in [0.05, 0.1) is 17.6 Å². The lowest BCUT2D eigenvalue weighted by atomic mass is 10.1. The number of nitrogens with two attached hydrogens (primary N) is 1. The summed E-state index contributed by atoms with van der Waals surface area (Å²) in [5.41, 5.74) is 8.17. The van der Waals surface area contributed by atoms with E-state index in [2.05, 4.69) is 28.9 Å². The fourth-order valence-corrected chi connectivity index (χ4v) is 2.74. The van der Waals surface area contributed by atoms with Crippen LogP contribution < -0.4 is 10.6 Å². The molecule has 0 bridgehead atoms. The molecule has 1 fully saturated rings. The van der Waals surface area contributed by atoms with Crippen LogP contribution in [0, 0.1) is 0 Å². The highest BCUT2D eigenvalue weighted by Crippen LogP contribution is 2.20. The Kier molecular flexibility index (Phi) is 4.07. The Labute approximate surface area is 101 Å². The van der Waals surface area contributed by atoms with E-state index in [1.165, 1.54) is 17.2 Å². The van der Waals surface area contributed by atoms with Crippen LogP contribution in [0.4, 0.5) is 5.69 Å². The number of rotatable bonds is 3. The van der Waals surface area contributed by atoms with Crippen LogP contribution in [0.3, 0.4) is 0 Å². The summed E-state index contributed by atoms with van der Waals surface area (Å²) < 4.78 is 0. The molecule has 2 heterocycles. The second kappa shape index (κ2) is 5.55. The molecule has 0 aromatic carbocycles. The van der Waals surface area contributed by atoms with Crippen molar-refractivity contribution in [3.63, 3.8) is 0 Å². The van der Waals surface area contributed by atoms with Gasteiger partial charge in [-0.05, 0) is 18.6 Å². The average molecular weight is 237 g/mol. The maximum atomic E-state index is 5.94. The first kappa shape index (κ1) is 11.7. The quantitative estimate of drug-likeness (QED) is 0.873. The summed E-state index contributed by atoms with van der Waals surface area (Å²) in [6.07, 6.45) is 2.90. The molecule has 1 atom stereocenters. The molecule has 0 radical (unpaired) electrons. The van der Waals surface area contributed by atoms with E-state index in [1.54, 1.807) is 0 Å². The Bertz CT molecular complexity index is 320. The summed E-state index contributed by atoms with van der Waals surface area (Å²) in [5.74, 6) is 2.44. The zero-order valence-corrected chi connectivity index (χ0v) is 10.5. The number of nitrogens with zero attached hydrogens (tertiary/aromatic N) is 2. The van der Waals surface area contributed by atoms with Crippen molar-refractivity contribution < 1.29 is 0 Å². The monoisotopic (exact) mass is 237 g/mol. The third-order valence-electron chi connectivity index (χ3n) is 2.97. The van der Waals surface area contributed by atoms with E-state index in [-0.39, 0.29) is 6.04 Å². The molecule has 0 saturated carbocycles. The van der Waals surface area contributed by atoms with E-state index in [4.69, 9.17) is 5.73 Å². The molecule has 1 saturated heterocycles. The zero-order valence-electron chi connectivity index (χ0n) is 9.72. The molecule has 1 aromatic heterocycles. The van der Waals surface area contributed by atoms with Gasteiger partial charge in [-0.1, -0.05) is 6.92 Å². The molecule has 1 aromatic rings. The number of thioether (sulfide) groups is 1. The predicted molar refractivity (Wildman–Crippen MR) is 71.0 cm³/mol. The molecule has 1 aliphatic rings. The van der Waals surface area contributed by atoms with Gasteiger partial charge in [-0.15, -0.1) is 0 Å². The van der Waals surface area contributed by atoms with Gasteiger partial charge in [0, 0.05) is 30.6 Å². The Balaban J connectivity index is 2.06. The molecular weight excluding hydrogens is 218 g/mol. The predicted octanol–water partition coefficient (Wildman–Crippen LogP) is 2.04. The first-order valence-electron chi connectivity index (χ1n) is 5.85. The smallest absolute Gasteiger partial charge is 0.0572 e. The van der Waals surface area contributed by atoms with Gasteiger partial charge in [0.2, 0.25) is 0 Å². The SMILES string of the molecule is CCC(N)c1ccc(N2CCSCC2)cn1. The van der Waals surface area contributed by atoms with E-state index in [0.29, 0.717) is 0 Å². The van der Waals surface area contributed by atoms with Crippen LogP contribution in [0.1, 0.15) is 25.1 Å². The number of aromatic nitrogens is 1. The Hall–Kier alpha value is -0.740. The van der Waals surface area contributed by atoms with E-state index < -0.39 is 0 Å². The number of pyridine rings is 1. The van der Waals surface area contributed by atoms with Crippen LogP contribution in [0.2, 0.25) is 0 Å². The molecule has 0 spiro atoms. The van der Waals surface area contributed by atoms with E-state index in [0.717, 1.165) is 25.2 Å². The summed E-state index contributed by atoms with van der Waals surface area (Å²) in [7, 11) is 0. The Morgan fingerprint density at radius 3 is 2.75 bits per heavy atom. The van der Waals surface area contributed by atoms with Crippen molar-refractivity contribution >= 4 is 17.4 Å². The Morgan fingerprint density at radius 2 is 2.19 bits per heavy atom. The third-order valence-corrected chi connectivity index (χ3v) is 3.91. The van der Waals surface area contributed by atoms with Crippen molar-refractivity contribution in [3.8, 4) is 0 Å². The van der Waals surface area contributed by atoms with Crippen LogP contribution in [0.15, 0.2) is 18.3 Å². The minimum atomic E-state index is 0.0750. The van der Waals surface area contributed by atoms with Gasteiger partial charge in [-0.2, -0.15) is 11.8 Å². The molecule has 0 aliphatic carbocycles.